The van der Waals surface area contributed by atoms with Gasteiger partial charge in [-0.25, -0.2) is 0 Å². The summed E-state index contributed by atoms with van der Waals surface area (Å²) < 4.78 is 5.35. The van der Waals surface area contributed by atoms with E-state index < -0.39 is 0 Å². The molecule has 1 saturated heterocycles. The van der Waals surface area contributed by atoms with Gasteiger partial charge < -0.3 is 10.1 Å². The molecule has 1 aliphatic heterocycles. The Morgan fingerprint density at radius 2 is 2.08 bits per heavy atom. The zero-order chi connectivity index (χ0) is 9.52. The van der Waals surface area contributed by atoms with Crippen LogP contribution in [-0.2, 0) is 4.74 Å². The van der Waals surface area contributed by atoms with Crippen molar-refractivity contribution >= 4 is 0 Å². The van der Waals surface area contributed by atoms with E-state index in [1.54, 1.807) is 0 Å². The van der Waals surface area contributed by atoms with Gasteiger partial charge in [-0.3, -0.25) is 0 Å². The minimum absolute atomic E-state index is 0.730. The standard InChI is InChI=1S/C11H23NO/c1-3-4-11(12-2)9-10-5-7-13-8-6-10/h10-12H,3-9H2,1-2H3. The molecule has 1 N–H and O–H groups in total. The number of nitrogens with one attached hydrogen (secondary N) is 1. The lowest BCUT2D eigenvalue weighted by molar-refractivity contribution is 0.0605. The molecule has 1 unspecified atom stereocenters. The number of hydrogen-bond donors (Lipinski definition) is 1. The third kappa shape index (κ3) is 4.10. The van der Waals surface area contributed by atoms with Crippen LogP contribution in [0.4, 0.5) is 0 Å². The van der Waals surface area contributed by atoms with Crippen LogP contribution in [0.15, 0.2) is 0 Å². The van der Waals surface area contributed by atoms with Gasteiger partial charge in [0.05, 0.1) is 0 Å². The summed E-state index contributed by atoms with van der Waals surface area (Å²) in [6, 6.07) is 0.730. The molecule has 0 bridgehead atoms. The molecule has 0 aromatic rings. The Hall–Kier alpha value is -0.0800. The molecule has 2 nitrogen and oxygen atoms in total. The molecule has 1 aliphatic rings. The van der Waals surface area contributed by atoms with Crippen molar-refractivity contribution in [2.75, 3.05) is 20.3 Å². The van der Waals surface area contributed by atoms with Gasteiger partial charge in [-0.2, -0.15) is 0 Å². The van der Waals surface area contributed by atoms with Crippen LogP contribution in [0, 0.1) is 5.92 Å². The molecule has 0 spiro atoms. The number of ether oxygens (including phenoxy) is 1. The first kappa shape index (κ1) is 11.0. The van der Waals surface area contributed by atoms with Gasteiger partial charge in [0.15, 0.2) is 0 Å². The normalized spacial score (nSPS) is 21.7. The smallest absolute Gasteiger partial charge is 0.0468 e. The van der Waals surface area contributed by atoms with E-state index in [0.717, 1.165) is 25.2 Å². The highest BCUT2D eigenvalue weighted by atomic mass is 16.5. The molecule has 1 heterocycles. The topological polar surface area (TPSA) is 21.3 Å². The fourth-order valence-electron chi connectivity index (χ4n) is 2.11. The molecule has 0 saturated carbocycles. The van der Waals surface area contributed by atoms with Gasteiger partial charge in [-0.15, -0.1) is 0 Å². The fraction of sp³-hybridized carbons (Fsp3) is 1.00. The second-order valence-corrected chi connectivity index (χ2v) is 4.07. The molecule has 0 aromatic heterocycles. The Kier molecular flexibility index (Phi) is 5.40. The van der Waals surface area contributed by atoms with Gasteiger partial charge in [-0.1, -0.05) is 13.3 Å². The van der Waals surface area contributed by atoms with Gasteiger partial charge in [0.25, 0.3) is 0 Å². The van der Waals surface area contributed by atoms with Crippen molar-refractivity contribution in [1.29, 1.82) is 0 Å². The van der Waals surface area contributed by atoms with Gasteiger partial charge >= 0.3 is 0 Å². The second-order valence-electron chi connectivity index (χ2n) is 4.07. The third-order valence-electron chi connectivity index (χ3n) is 3.00. The quantitative estimate of drug-likeness (QED) is 0.709. The SMILES string of the molecule is CCCC(CC1CCOCC1)NC. The lowest BCUT2D eigenvalue weighted by atomic mass is 9.91. The van der Waals surface area contributed by atoms with E-state index in [1.165, 1.54) is 32.1 Å². The van der Waals surface area contributed by atoms with E-state index in [2.05, 4.69) is 19.3 Å². The molecule has 2 heteroatoms. The monoisotopic (exact) mass is 185 g/mol. The Balaban J connectivity index is 2.18. The predicted molar refractivity (Wildman–Crippen MR) is 55.9 cm³/mol. The van der Waals surface area contributed by atoms with Gasteiger partial charge in [-0.05, 0) is 38.6 Å². The van der Waals surface area contributed by atoms with E-state index >= 15 is 0 Å². The molecular weight excluding hydrogens is 162 g/mol. The van der Waals surface area contributed by atoms with Crippen molar-refractivity contribution in [3.8, 4) is 0 Å². The molecule has 0 amide bonds. The highest BCUT2D eigenvalue weighted by Crippen LogP contribution is 2.21. The predicted octanol–water partition coefficient (Wildman–Crippen LogP) is 2.19. The summed E-state index contributed by atoms with van der Waals surface area (Å²) >= 11 is 0. The Bertz CT molecular complexity index is 119. The maximum atomic E-state index is 5.35. The first-order chi connectivity index (χ1) is 6.36. The molecule has 0 radical (unpaired) electrons. The molecule has 78 valence electrons. The molecule has 13 heavy (non-hydrogen) atoms. The number of rotatable bonds is 5. The summed E-state index contributed by atoms with van der Waals surface area (Å²) in [6.45, 7) is 4.22. The van der Waals surface area contributed by atoms with Gasteiger partial charge in [0, 0.05) is 19.3 Å². The Labute approximate surface area is 82.0 Å². The highest BCUT2D eigenvalue weighted by molar-refractivity contribution is 4.72. The van der Waals surface area contributed by atoms with E-state index in [1.807, 2.05) is 0 Å². The Morgan fingerprint density at radius 3 is 2.62 bits per heavy atom. The Morgan fingerprint density at radius 1 is 1.38 bits per heavy atom. The minimum atomic E-state index is 0.730. The lowest BCUT2D eigenvalue weighted by Gasteiger charge is -2.26. The second kappa shape index (κ2) is 6.39. The van der Waals surface area contributed by atoms with E-state index in [9.17, 15) is 0 Å². The van der Waals surface area contributed by atoms with Crippen LogP contribution >= 0.6 is 0 Å². The molecule has 0 aliphatic carbocycles. The van der Waals surface area contributed by atoms with Crippen molar-refractivity contribution < 1.29 is 4.74 Å². The van der Waals surface area contributed by atoms with E-state index in [-0.39, 0.29) is 0 Å². The van der Waals surface area contributed by atoms with Crippen LogP contribution in [-0.4, -0.2) is 26.3 Å². The van der Waals surface area contributed by atoms with Crippen molar-refractivity contribution in [2.24, 2.45) is 5.92 Å². The molecule has 0 aromatic carbocycles. The molecular formula is C11H23NO. The zero-order valence-corrected chi connectivity index (χ0v) is 9.01. The van der Waals surface area contributed by atoms with Crippen molar-refractivity contribution in [1.82, 2.24) is 5.32 Å². The van der Waals surface area contributed by atoms with Gasteiger partial charge in [0.1, 0.15) is 0 Å². The average Bonchev–Trinajstić information content (AvgIpc) is 2.19. The fourth-order valence-corrected chi connectivity index (χ4v) is 2.11. The summed E-state index contributed by atoms with van der Waals surface area (Å²) in [5.41, 5.74) is 0. The highest BCUT2D eigenvalue weighted by Gasteiger charge is 2.17. The van der Waals surface area contributed by atoms with Crippen LogP contribution in [0.25, 0.3) is 0 Å². The zero-order valence-electron chi connectivity index (χ0n) is 9.01. The first-order valence-electron chi connectivity index (χ1n) is 5.61. The molecule has 1 atom stereocenters. The van der Waals surface area contributed by atoms with E-state index in [4.69, 9.17) is 4.74 Å². The summed E-state index contributed by atoms with van der Waals surface area (Å²) in [6.07, 6.45) is 6.47. The minimum Gasteiger partial charge on any atom is -0.381 e. The van der Waals surface area contributed by atoms with Gasteiger partial charge in [0.2, 0.25) is 0 Å². The maximum absolute atomic E-state index is 5.35. The lowest BCUT2D eigenvalue weighted by Crippen LogP contribution is -2.29. The van der Waals surface area contributed by atoms with Crippen molar-refractivity contribution in [3.05, 3.63) is 0 Å². The molecule has 1 fully saturated rings. The summed E-state index contributed by atoms with van der Waals surface area (Å²) in [5, 5.41) is 3.41. The summed E-state index contributed by atoms with van der Waals surface area (Å²) in [7, 11) is 2.08. The summed E-state index contributed by atoms with van der Waals surface area (Å²) in [4.78, 5) is 0. The van der Waals surface area contributed by atoms with Crippen LogP contribution in [0.3, 0.4) is 0 Å². The average molecular weight is 185 g/mol. The van der Waals surface area contributed by atoms with Crippen molar-refractivity contribution in [3.63, 3.8) is 0 Å². The van der Waals surface area contributed by atoms with Crippen LogP contribution in [0.2, 0.25) is 0 Å². The third-order valence-corrected chi connectivity index (χ3v) is 3.00. The largest absolute Gasteiger partial charge is 0.381 e. The van der Waals surface area contributed by atoms with Crippen LogP contribution in [0.5, 0.6) is 0 Å². The van der Waals surface area contributed by atoms with Crippen molar-refractivity contribution in [2.45, 2.75) is 45.1 Å². The van der Waals surface area contributed by atoms with Crippen LogP contribution < -0.4 is 5.32 Å². The molecule has 1 rings (SSSR count). The first-order valence-corrected chi connectivity index (χ1v) is 5.61. The maximum Gasteiger partial charge on any atom is 0.0468 e. The summed E-state index contributed by atoms with van der Waals surface area (Å²) in [5.74, 6) is 0.901. The van der Waals surface area contributed by atoms with Crippen LogP contribution in [0.1, 0.15) is 39.0 Å². The number of hydrogen-bond acceptors (Lipinski definition) is 2. The van der Waals surface area contributed by atoms with E-state index in [0.29, 0.717) is 0 Å².